The highest BCUT2D eigenvalue weighted by atomic mass is 32.2. The van der Waals surface area contributed by atoms with Crippen molar-refractivity contribution in [1.29, 1.82) is 0 Å². The molecule has 1 atom stereocenters. The van der Waals surface area contributed by atoms with Gasteiger partial charge in [-0.1, -0.05) is 12.8 Å². The maximum Gasteiger partial charge on any atom is 0.326 e. The summed E-state index contributed by atoms with van der Waals surface area (Å²) in [6.45, 7) is 4.16. The zero-order valence-electron chi connectivity index (χ0n) is 12.8. The third kappa shape index (κ3) is 3.65. The van der Waals surface area contributed by atoms with Crippen molar-refractivity contribution in [2.45, 2.75) is 45.6 Å². The molecular weight excluding hydrogens is 308 g/mol. The number of carbonyl (C=O) groups is 1. The van der Waals surface area contributed by atoms with E-state index < -0.39 is 22.2 Å². The van der Waals surface area contributed by atoms with E-state index in [-0.39, 0.29) is 0 Å². The SMILES string of the molecule is Cc1n[nH]c(C)c1C(NS(=O)(=O)N1CCCCCC1)C(=O)O. The summed E-state index contributed by atoms with van der Waals surface area (Å²) in [5, 5.41) is 16.1. The fourth-order valence-electron chi connectivity index (χ4n) is 2.72. The first-order valence-electron chi connectivity index (χ1n) is 7.34. The second-order valence-corrected chi connectivity index (χ2v) is 7.26. The van der Waals surface area contributed by atoms with Crippen LogP contribution in [0.2, 0.25) is 0 Å². The average Bonchev–Trinajstić information content (AvgIpc) is 2.69. The van der Waals surface area contributed by atoms with Gasteiger partial charge in [-0.25, -0.2) is 0 Å². The topological polar surface area (TPSA) is 115 Å². The Morgan fingerprint density at radius 3 is 2.32 bits per heavy atom. The van der Waals surface area contributed by atoms with Crippen molar-refractivity contribution in [3.05, 3.63) is 17.0 Å². The van der Waals surface area contributed by atoms with Gasteiger partial charge in [-0.15, -0.1) is 0 Å². The summed E-state index contributed by atoms with van der Waals surface area (Å²) in [6, 6.07) is -1.34. The number of aromatic amines is 1. The highest BCUT2D eigenvalue weighted by Gasteiger charge is 2.33. The lowest BCUT2D eigenvalue weighted by Crippen LogP contribution is -2.45. The van der Waals surface area contributed by atoms with Crippen molar-refractivity contribution >= 4 is 16.2 Å². The van der Waals surface area contributed by atoms with Crippen LogP contribution < -0.4 is 4.72 Å². The zero-order chi connectivity index (χ0) is 16.3. The molecule has 0 saturated carbocycles. The summed E-state index contributed by atoms with van der Waals surface area (Å²) in [5.41, 5.74) is 1.39. The molecule has 1 aromatic rings. The number of carboxylic acids is 1. The Bertz CT molecular complexity index is 613. The van der Waals surface area contributed by atoms with E-state index in [1.165, 1.54) is 4.31 Å². The van der Waals surface area contributed by atoms with Crippen molar-refractivity contribution in [3.63, 3.8) is 0 Å². The second kappa shape index (κ2) is 6.76. The molecule has 0 aliphatic carbocycles. The Morgan fingerprint density at radius 1 is 1.27 bits per heavy atom. The predicted octanol–water partition coefficient (Wildman–Crippen LogP) is 0.863. The van der Waals surface area contributed by atoms with Gasteiger partial charge < -0.3 is 5.11 Å². The molecule has 1 aliphatic rings. The van der Waals surface area contributed by atoms with Crippen molar-refractivity contribution < 1.29 is 18.3 Å². The molecule has 9 heteroatoms. The summed E-state index contributed by atoms with van der Waals surface area (Å²) >= 11 is 0. The quantitative estimate of drug-likeness (QED) is 0.740. The minimum atomic E-state index is -3.85. The summed E-state index contributed by atoms with van der Waals surface area (Å²) in [7, 11) is -3.85. The van der Waals surface area contributed by atoms with Crippen molar-refractivity contribution in [2.24, 2.45) is 0 Å². The predicted molar refractivity (Wildman–Crippen MR) is 80.5 cm³/mol. The van der Waals surface area contributed by atoms with Crippen molar-refractivity contribution in [3.8, 4) is 0 Å². The highest BCUT2D eigenvalue weighted by Crippen LogP contribution is 2.22. The fraction of sp³-hybridized carbons (Fsp3) is 0.692. The Kier molecular flexibility index (Phi) is 5.20. The number of hydrogen-bond acceptors (Lipinski definition) is 4. The minimum Gasteiger partial charge on any atom is -0.480 e. The first-order chi connectivity index (χ1) is 10.3. The number of aliphatic carboxylic acids is 1. The number of aryl methyl sites for hydroxylation is 2. The molecule has 1 aliphatic heterocycles. The maximum absolute atomic E-state index is 12.5. The van der Waals surface area contributed by atoms with Gasteiger partial charge in [-0.2, -0.15) is 22.5 Å². The Balaban J connectivity index is 2.25. The largest absolute Gasteiger partial charge is 0.480 e. The molecule has 1 saturated heterocycles. The molecule has 2 rings (SSSR count). The van der Waals surface area contributed by atoms with Crippen molar-refractivity contribution in [2.75, 3.05) is 13.1 Å². The van der Waals surface area contributed by atoms with Crippen LogP contribution in [0.3, 0.4) is 0 Å². The van der Waals surface area contributed by atoms with Crippen LogP contribution in [-0.4, -0.2) is 47.1 Å². The van der Waals surface area contributed by atoms with Gasteiger partial charge in [-0.3, -0.25) is 9.89 Å². The van der Waals surface area contributed by atoms with E-state index in [0.29, 0.717) is 30.0 Å². The summed E-state index contributed by atoms with van der Waals surface area (Å²) in [4.78, 5) is 11.5. The molecule has 3 N–H and O–H groups in total. The van der Waals surface area contributed by atoms with Crippen LogP contribution in [0.1, 0.15) is 48.7 Å². The van der Waals surface area contributed by atoms with E-state index in [0.717, 1.165) is 25.7 Å². The Morgan fingerprint density at radius 2 is 1.86 bits per heavy atom. The molecule has 1 aromatic heterocycles. The van der Waals surface area contributed by atoms with Crippen molar-refractivity contribution in [1.82, 2.24) is 19.2 Å². The van der Waals surface area contributed by atoms with E-state index in [2.05, 4.69) is 14.9 Å². The molecule has 0 aromatic carbocycles. The van der Waals surface area contributed by atoms with Gasteiger partial charge in [0.1, 0.15) is 6.04 Å². The second-order valence-electron chi connectivity index (χ2n) is 5.56. The van der Waals surface area contributed by atoms with Crippen LogP contribution in [-0.2, 0) is 15.0 Å². The molecule has 0 spiro atoms. The smallest absolute Gasteiger partial charge is 0.326 e. The number of aromatic nitrogens is 2. The van der Waals surface area contributed by atoms with Gasteiger partial charge in [0, 0.05) is 24.3 Å². The third-order valence-corrected chi connectivity index (χ3v) is 5.47. The lowest BCUT2D eigenvalue weighted by molar-refractivity contribution is -0.139. The van der Waals surface area contributed by atoms with E-state index in [1.54, 1.807) is 13.8 Å². The normalized spacial score (nSPS) is 18.8. The average molecular weight is 330 g/mol. The van der Waals surface area contributed by atoms with Gasteiger partial charge in [-0.05, 0) is 26.7 Å². The Labute approximate surface area is 130 Å². The fourth-order valence-corrected chi connectivity index (χ4v) is 4.13. The number of rotatable bonds is 5. The van der Waals surface area contributed by atoms with Gasteiger partial charge in [0.2, 0.25) is 0 Å². The molecular formula is C13H22N4O4S. The number of nitrogens with zero attached hydrogens (tertiary/aromatic N) is 2. The third-order valence-electron chi connectivity index (χ3n) is 3.89. The maximum atomic E-state index is 12.5. The van der Waals surface area contributed by atoms with Crippen LogP contribution in [0.15, 0.2) is 0 Å². The standard InChI is InChI=1S/C13H22N4O4S/c1-9-11(10(2)15-14-9)12(13(18)19)16-22(20,21)17-7-5-3-4-6-8-17/h12,16H,3-8H2,1-2H3,(H,14,15)(H,18,19). The number of carboxylic acid groups (broad SMARTS) is 1. The van der Waals surface area contributed by atoms with E-state index in [4.69, 9.17) is 0 Å². The van der Waals surface area contributed by atoms with Crippen LogP contribution in [0.4, 0.5) is 0 Å². The summed E-state index contributed by atoms with van der Waals surface area (Å²) in [5.74, 6) is -1.24. The van der Waals surface area contributed by atoms with Gasteiger partial charge in [0.05, 0.1) is 5.69 Å². The molecule has 22 heavy (non-hydrogen) atoms. The molecule has 0 amide bonds. The lowest BCUT2D eigenvalue weighted by Gasteiger charge is -2.23. The number of H-pyrrole nitrogens is 1. The molecule has 0 bridgehead atoms. The van der Waals surface area contributed by atoms with E-state index >= 15 is 0 Å². The van der Waals surface area contributed by atoms with E-state index in [1.807, 2.05) is 0 Å². The van der Waals surface area contributed by atoms with Gasteiger partial charge in [0.25, 0.3) is 10.2 Å². The number of nitrogens with one attached hydrogen (secondary N) is 2. The zero-order valence-corrected chi connectivity index (χ0v) is 13.6. The van der Waals surface area contributed by atoms with Crippen LogP contribution >= 0.6 is 0 Å². The molecule has 1 fully saturated rings. The van der Waals surface area contributed by atoms with Crippen LogP contribution in [0.25, 0.3) is 0 Å². The molecule has 1 unspecified atom stereocenters. The molecule has 124 valence electrons. The Hall–Kier alpha value is -1.45. The summed E-state index contributed by atoms with van der Waals surface area (Å²) < 4.78 is 28.6. The molecule has 2 heterocycles. The van der Waals surface area contributed by atoms with Crippen LogP contribution in [0, 0.1) is 13.8 Å². The minimum absolute atomic E-state index is 0.367. The van der Waals surface area contributed by atoms with E-state index in [9.17, 15) is 18.3 Å². The first-order valence-corrected chi connectivity index (χ1v) is 8.78. The monoisotopic (exact) mass is 330 g/mol. The lowest BCUT2D eigenvalue weighted by atomic mass is 10.1. The number of hydrogen-bond donors (Lipinski definition) is 3. The molecule has 0 radical (unpaired) electrons. The van der Waals surface area contributed by atoms with Crippen LogP contribution in [0.5, 0.6) is 0 Å². The molecule has 8 nitrogen and oxygen atoms in total. The summed E-state index contributed by atoms with van der Waals surface area (Å²) in [6.07, 6.45) is 3.58. The van der Waals surface area contributed by atoms with Gasteiger partial charge >= 0.3 is 5.97 Å². The first kappa shape index (κ1) is 16.9. The van der Waals surface area contributed by atoms with Gasteiger partial charge in [0.15, 0.2) is 0 Å². The highest BCUT2D eigenvalue weighted by molar-refractivity contribution is 7.87.